The van der Waals surface area contributed by atoms with Crippen LogP contribution in [0.5, 0.6) is 0 Å². The molecule has 0 bridgehead atoms. The molecule has 0 saturated heterocycles. The van der Waals surface area contributed by atoms with Crippen LogP contribution in [0, 0.1) is 10.1 Å². The van der Waals surface area contributed by atoms with Crippen LogP contribution in [0.4, 0.5) is 16.2 Å². The largest absolute Gasteiger partial charge is 0.442 e. The van der Waals surface area contributed by atoms with Crippen LogP contribution in [0.3, 0.4) is 0 Å². The standard InChI is InChI=1S/C26H34N4O5/c1-5-29(6-2)22-13-11-21(12-14-22)27-23(31)26(16-15-19-9-7-8-10-20(19)17-26)28-24(32)35-18-25(3,4)30(33)34/h7-14H,5-6,15-18H2,1-4H3,(H,27,31)(H,28,32). The van der Waals surface area contributed by atoms with Crippen molar-refractivity contribution in [3.8, 4) is 0 Å². The molecule has 2 aromatic carbocycles. The summed E-state index contributed by atoms with van der Waals surface area (Å²) in [6.45, 7) is 8.27. The topological polar surface area (TPSA) is 114 Å². The van der Waals surface area contributed by atoms with Crippen molar-refractivity contribution in [1.29, 1.82) is 0 Å². The number of fused-ring (bicyclic) bond motifs is 1. The molecule has 0 spiro atoms. The quantitative estimate of drug-likeness (QED) is 0.409. The van der Waals surface area contributed by atoms with Crippen LogP contribution in [0.15, 0.2) is 48.5 Å². The van der Waals surface area contributed by atoms with Crippen LogP contribution < -0.4 is 15.5 Å². The van der Waals surface area contributed by atoms with E-state index in [1.165, 1.54) is 13.8 Å². The molecule has 0 fully saturated rings. The average Bonchev–Trinajstić information content (AvgIpc) is 2.84. The van der Waals surface area contributed by atoms with Crippen LogP contribution in [0.2, 0.25) is 0 Å². The Labute approximate surface area is 206 Å². The lowest BCUT2D eigenvalue weighted by Gasteiger charge is -2.37. The minimum atomic E-state index is -1.43. The van der Waals surface area contributed by atoms with Gasteiger partial charge in [0.05, 0.1) is 0 Å². The van der Waals surface area contributed by atoms with Gasteiger partial charge in [0.25, 0.3) is 5.91 Å². The molecule has 35 heavy (non-hydrogen) atoms. The van der Waals surface area contributed by atoms with E-state index in [1.807, 2.05) is 48.5 Å². The Balaban J connectivity index is 1.80. The van der Waals surface area contributed by atoms with E-state index in [9.17, 15) is 19.7 Å². The Bertz CT molecular complexity index is 1070. The first-order valence-electron chi connectivity index (χ1n) is 11.9. The molecule has 0 radical (unpaired) electrons. The van der Waals surface area contributed by atoms with E-state index in [0.29, 0.717) is 24.9 Å². The predicted molar refractivity (Wildman–Crippen MR) is 135 cm³/mol. The van der Waals surface area contributed by atoms with Crippen molar-refractivity contribution in [2.75, 3.05) is 29.9 Å². The molecule has 1 aliphatic rings. The maximum Gasteiger partial charge on any atom is 0.408 e. The molecule has 2 N–H and O–H groups in total. The van der Waals surface area contributed by atoms with Crippen molar-refractivity contribution in [2.45, 2.75) is 58.0 Å². The number of alkyl carbamates (subject to hydrolysis) is 1. The molecular formula is C26H34N4O5. The van der Waals surface area contributed by atoms with Gasteiger partial charge in [-0.1, -0.05) is 24.3 Å². The monoisotopic (exact) mass is 482 g/mol. The third-order valence-corrected chi connectivity index (χ3v) is 6.51. The number of nitrogens with zero attached hydrogens (tertiary/aromatic N) is 2. The zero-order valence-corrected chi connectivity index (χ0v) is 20.8. The Morgan fingerprint density at radius 2 is 1.71 bits per heavy atom. The fraction of sp³-hybridized carbons (Fsp3) is 0.462. The first-order chi connectivity index (χ1) is 16.6. The molecule has 1 atom stereocenters. The van der Waals surface area contributed by atoms with Gasteiger partial charge in [-0.25, -0.2) is 4.79 Å². The maximum absolute atomic E-state index is 13.6. The summed E-state index contributed by atoms with van der Waals surface area (Å²) in [5.41, 5.74) is 1.10. The summed E-state index contributed by atoms with van der Waals surface area (Å²) in [6.07, 6.45) is 0.415. The van der Waals surface area contributed by atoms with Crippen LogP contribution in [0.1, 0.15) is 45.2 Å². The zero-order chi connectivity index (χ0) is 25.6. The number of nitrogens with one attached hydrogen (secondary N) is 2. The molecule has 0 saturated carbocycles. The highest BCUT2D eigenvalue weighted by Gasteiger charge is 2.44. The molecule has 2 aromatic rings. The Kier molecular flexibility index (Phi) is 7.99. The van der Waals surface area contributed by atoms with Gasteiger partial charge in [-0.2, -0.15) is 0 Å². The smallest absolute Gasteiger partial charge is 0.408 e. The van der Waals surface area contributed by atoms with E-state index in [2.05, 4.69) is 29.4 Å². The summed E-state index contributed by atoms with van der Waals surface area (Å²) in [7, 11) is 0. The molecule has 1 aliphatic carbocycles. The van der Waals surface area contributed by atoms with Crippen molar-refractivity contribution in [3.63, 3.8) is 0 Å². The SMILES string of the molecule is CCN(CC)c1ccc(NC(=O)C2(NC(=O)OCC(C)(C)[N+](=O)[O-])CCc3ccccc3C2)cc1. The second-order valence-electron chi connectivity index (χ2n) is 9.47. The van der Waals surface area contributed by atoms with Gasteiger partial charge in [-0.3, -0.25) is 14.9 Å². The number of ether oxygens (including phenoxy) is 1. The van der Waals surface area contributed by atoms with Gasteiger partial charge >= 0.3 is 6.09 Å². The third-order valence-electron chi connectivity index (χ3n) is 6.51. The molecular weight excluding hydrogens is 448 g/mol. The predicted octanol–water partition coefficient (Wildman–Crippen LogP) is 4.18. The fourth-order valence-electron chi connectivity index (χ4n) is 4.21. The molecule has 3 rings (SSSR count). The number of rotatable bonds is 9. The van der Waals surface area contributed by atoms with E-state index in [4.69, 9.17) is 4.74 Å². The Morgan fingerprint density at radius 1 is 1.09 bits per heavy atom. The fourth-order valence-corrected chi connectivity index (χ4v) is 4.21. The number of hydrogen-bond donors (Lipinski definition) is 2. The first-order valence-corrected chi connectivity index (χ1v) is 11.9. The van der Waals surface area contributed by atoms with Crippen LogP contribution in [0.25, 0.3) is 0 Å². The summed E-state index contributed by atoms with van der Waals surface area (Å²) < 4.78 is 5.17. The second kappa shape index (κ2) is 10.8. The van der Waals surface area contributed by atoms with Crippen molar-refractivity contribution in [1.82, 2.24) is 5.32 Å². The van der Waals surface area contributed by atoms with Crippen molar-refractivity contribution >= 4 is 23.4 Å². The molecule has 0 aliphatic heterocycles. The van der Waals surface area contributed by atoms with Crippen molar-refractivity contribution in [2.24, 2.45) is 0 Å². The minimum Gasteiger partial charge on any atom is -0.442 e. The van der Waals surface area contributed by atoms with Gasteiger partial charge in [0.15, 0.2) is 6.61 Å². The van der Waals surface area contributed by atoms with Gasteiger partial charge < -0.3 is 20.3 Å². The number of carbonyl (C=O) groups is 2. The lowest BCUT2D eigenvalue weighted by atomic mass is 9.77. The average molecular weight is 483 g/mol. The molecule has 1 unspecified atom stereocenters. The molecule has 188 valence electrons. The summed E-state index contributed by atoms with van der Waals surface area (Å²) in [5, 5.41) is 16.9. The normalized spacial score (nSPS) is 17.1. The highest BCUT2D eigenvalue weighted by atomic mass is 16.6. The third kappa shape index (κ3) is 6.09. The van der Waals surface area contributed by atoms with E-state index in [-0.39, 0.29) is 5.91 Å². The summed E-state index contributed by atoms with van der Waals surface area (Å²) >= 11 is 0. The second-order valence-corrected chi connectivity index (χ2v) is 9.47. The molecule has 2 amide bonds. The summed E-state index contributed by atoms with van der Waals surface area (Å²) in [4.78, 5) is 39.1. The van der Waals surface area contributed by atoms with Crippen molar-refractivity contribution in [3.05, 3.63) is 69.8 Å². The van der Waals surface area contributed by atoms with Gasteiger partial charge in [-0.05, 0) is 62.1 Å². The highest BCUT2D eigenvalue weighted by molar-refractivity contribution is 6.00. The molecule has 9 heteroatoms. The first kappa shape index (κ1) is 26.0. The van der Waals surface area contributed by atoms with Gasteiger partial charge in [-0.15, -0.1) is 0 Å². The molecule has 9 nitrogen and oxygen atoms in total. The lowest BCUT2D eigenvalue weighted by molar-refractivity contribution is -0.563. The Morgan fingerprint density at radius 3 is 2.31 bits per heavy atom. The lowest BCUT2D eigenvalue weighted by Crippen LogP contribution is -2.60. The number of amides is 2. The van der Waals surface area contributed by atoms with Gasteiger partial charge in [0.1, 0.15) is 5.54 Å². The van der Waals surface area contributed by atoms with E-state index in [0.717, 1.165) is 29.9 Å². The minimum absolute atomic E-state index is 0.292. The molecule has 0 aromatic heterocycles. The van der Waals surface area contributed by atoms with Crippen LogP contribution in [-0.2, 0) is 22.4 Å². The van der Waals surface area contributed by atoms with Gasteiger partial charge in [0.2, 0.25) is 5.54 Å². The number of nitro groups is 1. The van der Waals surface area contributed by atoms with Crippen LogP contribution >= 0.6 is 0 Å². The number of hydrogen-bond acceptors (Lipinski definition) is 6. The number of benzene rings is 2. The number of anilines is 2. The van der Waals surface area contributed by atoms with Crippen molar-refractivity contribution < 1.29 is 19.2 Å². The maximum atomic E-state index is 13.6. The summed E-state index contributed by atoms with van der Waals surface area (Å²) in [6, 6.07) is 15.4. The van der Waals surface area contributed by atoms with E-state index >= 15 is 0 Å². The highest BCUT2D eigenvalue weighted by Crippen LogP contribution is 2.31. The van der Waals surface area contributed by atoms with Gasteiger partial charge in [0, 0.05) is 49.7 Å². The van der Waals surface area contributed by atoms with E-state index < -0.39 is 28.7 Å². The summed E-state index contributed by atoms with van der Waals surface area (Å²) in [5.74, 6) is -0.354. The number of aryl methyl sites for hydroxylation is 1. The van der Waals surface area contributed by atoms with Crippen LogP contribution in [-0.4, -0.2) is 47.7 Å². The molecule has 0 heterocycles. The van der Waals surface area contributed by atoms with E-state index in [1.54, 1.807) is 0 Å². The Hall–Kier alpha value is -3.62. The number of carbonyl (C=O) groups excluding carboxylic acids is 2. The zero-order valence-electron chi connectivity index (χ0n) is 20.8.